The number of imidazole rings is 1. The molecule has 8 nitrogen and oxygen atoms in total. The van der Waals surface area contributed by atoms with Gasteiger partial charge in [0.2, 0.25) is 0 Å². The van der Waals surface area contributed by atoms with Crippen molar-refractivity contribution in [2.24, 2.45) is 7.05 Å². The molecule has 0 atom stereocenters. The number of aryl methyl sites for hydroxylation is 1. The zero-order valence-electron chi connectivity index (χ0n) is 17.8. The molecule has 162 valence electrons. The zero-order valence-corrected chi connectivity index (χ0v) is 17.8. The molecule has 0 amide bonds. The van der Waals surface area contributed by atoms with Crippen LogP contribution in [0.3, 0.4) is 0 Å². The van der Waals surface area contributed by atoms with Crippen LogP contribution in [0.2, 0.25) is 0 Å². The Balaban J connectivity index is 1.52. The second-order valence-corrected chi connectivity index (χ2v) is 7.94. The molecule has 0 unspecified atom stereocenters. The lowest BCUT2D eigenvalue weighted by molar-refractivity contribution is 0.469. The molecule has 0 fully saturated rings. The first-order chi connectivity index (χ1) is 16.0. The van der Waals surface area contributed by atoms with E-state index < -0.39 is 5.82 Å². The van der Waals surface area contributed by atoms with Gasteiger partial charge in [0.05, 0.1) is 23.3 Å². The number of halogens is 1. The van der Waals surface area contributed by atoms with Gasteiger partial charge in [-0.2, -0.15) is 5.10 Å². The predicted molar refractivity (Wildman–Crippen MR) is 123 cm³/mol. The monoisotopic (exact) mass is 439 g/mol. The largest absolute Gasteiger partial charge is 0.508 e. The summed E-state index contributed by atoms with van der Waals surface area (Å²) in [5.41, 5.74) is 5.92. The molecule has 33 heavy (non-hydrogen) atoms. The van der Waals surface area contributed by atoms with Gasteiger partial charge in [-0.1, -0.05) is 0 Å². The van der Waals surface area contributed by atoms with Crippen LogP contribution in [0.25, 0.3) is 55.8 Å². The van der Waals surface area contributed by atoms with Crippen LogP contribution in [0.1, 0.15) is 5.82 Å². The fraction of sp³-hybridized carbons (Fsp3) is 0.0833. The number of nitrogens with one attached hydrogen (secondary N) is 2. The summed E-state index contributed by atoms with van der Waals surface area (Å²) < 4.78 is 15.9. The lowest BCUT2D eigenvalue weighted by atomic mass is 10.1. The standard InChI is InChI=1S/C24H18FN7O/c1-12-27-11-21(32(12)2)14-7-18-23(30-31-24(18)28-10-14)20-9-17-19(29-20)3-4-26-22(17)13-5-15(25)8-16(33)6-13/h3-11,29,33H,1-2H3,(H,28,30,31). The quantitative estimate of drug-likeness (QED) is 0.370. The van der Waals surface area contributed by atoms with Crippen molar-refractivity contribution in [1.29, 1.82) is 0 Å². The van der Waals surface area contributed by atoms with Gasteiger partial charge in [0, 0.05) is 52.9 Å². The van der Waals surface area contributed by atoms with Gasteiger partial charge < -0.3 is 14.7 Å². The van der Waals surface area contributed by atoms with Crippen LogP contribution in [0.5, 0.6) is 5.75 Å². The van der Waals surface area contributed by atoms with Crippen LogP contribution in [0.15, 0.2) is 55.0 Å². The van der Waals surface area contributed by atoms with Crippen molar-refractivity contribution in [3.05, 3.63) is 66.6 Å². The fourth-order valence-corrected chi connectivity index (χ4v) is 4.14. The Labute approximate surface area is 186 Å². The van der Waals surface area contributed by atoms with Crippen LogP contribution in [-0.2, 0) is 7.05 Å². The molecule has 0 aliphatic heterocycles. The summed E-state index contributed by atoms with van der Waals surface area (Å²) >= 11 is 0. The molecule has 5 aromatic heterocycles. The van der Waals surface area contributed by atoms with Gasteiger partial charge in [-0.05, 0) is 37.3 Å². The molecule has 0 bridgehead atoms. The van der Waals surface area contributed by atoms with Crippen molar-refractivity contribution in [3.63, 3.8) is 0 Å². The van der Waals surface area contributed by atoms with Crippen LogP contribution in [0, 0.1) is 12.7 Å². The molecular formula is C24H18FN7O. The number of fused-ring (bicyclic) bond motifs is 2. The molecule has 9 heteroatoms. The second kappa shape index (κ2) is 6.99. The summed E-state index contributed by atoms with van der Waals surface area (Å²) in [4.78, 5) is 16.7. The van der Waals surface area contributed by atoms with Gasteiger partial charge in [-0.15, -0.1) is 0 Å². The number of aromatic amines is 2. The second-order valence-electron chi connectivity index (χ2n) is 7.94. The Bertz CT molecular complexity index is 1660. The van der Waals surface area contributed by atoms with Crippen LogP contribution in [-0.4, -0.2) is 39.8 Å². The summed E-state index contributed by atoms with van der Waals surface area (Å²) in [5.74, 6) is 0.236. The Hall–Kier alpha value is -4.53. The molecule has 3 N–H and O–H groups in total. The van der Waals surface area contributed by atoms with Crippen molar-refractivity contribution >= 4 is 21.9 Å². The third kappa shape index (κ3) is 3.05. The van der Waals surface area contributed by atoms with E-state index in [9.17, 15) is 9.50 Å². The van der Waals surface area contributed by atoms with Crippen LogP contribution < -0.4 is 0 Å². The van der Waals surface area contributed by atoms with Gasteiger partial charge >= 0.3 is 0 Å². The van der Waals surface area contributed by atoms with E-state index in [1.165, 1.54) is 12.1 Å². The van der Waals surface area contributed by atoms with E-state index in [2.05, 4.69) is 30.1 Å². The number of rotatable bonds is 3. The molecule has 0 aliphatic carbocycles. The smallest absolute Gasteiger partial charge is 0.155 e. The average Bonchev–Trinajstić information content (AvgIpc) is 3.49. The van der Waals surface area contributed by atoms with E-state index >= 15 is 0 Å². The van der Waals surface area contributed by atoms with Gasteiger partial charge in [-0.25, -0.2) is 14.4 Å². The number of aromatic nitrogens is 7. The number of nitrogens with zero attached hydrogens (tertiary/aromatic N) is 5. The molecule has 1 aromatic carbocycles. The van der Waals surface area contributed by atoms with Crippen LogP contribution in [0.4, 0.5) is 4.39 Å². The molecule has 0 spiro atoms. The first kappa shape index (κ1) is 19.2. The maximum Gasteiger partial charge on any atom is 0.155 e. The minimum absolute atomic E-state index is 0.151. The Morgan fingerprint density at radius 2 is 1.82 bits per heavy atom. The fourth-order valence-electron chi connectivity index (χ4n) is 4.14. The number of H-pyrrole nitrogens is 2. The normalized spacial score (nSPS) is 11.6. The molecule has 0 aliphatic rings. The first-order valence-electron chi connectivity index (χ1n) is 10.3. The first-order valence-corrected chi connectivity index (χ1v) is 10.3. The number of phenolic OH excluding ortho intramolecular Hbond substituents is 1. The highest BCUT2D eigenvalue weighted by Gasteiger charge is 2.17. The van der Waals surface area contributed by atoms with Crippen LogP contribution >= 0.6 is 0 Å². The van der Waals surface area contributed by atoms with Gasteiger partial charge in [0.15, 0.2) is 5.65 Å². The number of phenols is 1. The molecule has 0 saturated heterocycles. The van der Waals surface area contributed by atoms with E-state index in [-0.39, 0.29) is 5.75 Å². The Morgan fingerprint density at radius 1 is 0.939 bits per heavy atom. The lowest BCUT2D eigenvalue weighted by Crippen LogP contribution is -1.94. The van der Waals surface area contributed by atoms with Crippen molar-refractivity contribution in [2.45, 2.75) is 6.92 Å². The van der Waals surface area contributed by atoms with Gasteiger partial charge in [0.25, 0.3) is 0 Å². The molecule has 5 heterocycles. The number of hydrogen-bond donors (Lipinski definition) is 3. The maximum atomic E-state index is 13.9. The molecular weight excluding hydrogens is 421 g/mol. The van der Waals surface area contributed by atoms with Crippen molar-refractivity contribution in [2.75, 3.05) is 0 Å². The maximum absolute atomic E-state index is 13.9. The topological polar surface area (TPSA) is 108 Å². The highest BCUT2D eigenvalue weighted by atomic mass is 19.1. The third-order valence-corrected chi connectivity index (χ3v) is 5.89. The van der Waals surface area contributed by atoms with Gasteiger partial charge in [0.1, 0.15) is 23.1 Å². The highest BCUT2D eigenvalue weighted by Crippen LogP contribution is 2.34. The Morgan fingerprint density at radius 3 is 2.61 bits per heavy atom. The van der Waals surface area contributed by atoms with Gasteiger partial charge in [-0.3, -0.25) is 10.1 Å². The van der Waals surface area contributed by atoms with E-state index in [1.54, 1.807) is 12.4 Å². The van der Waals surface area contributed by atoms with Crippen molar-refractivity contribution in [3.8, 4) is 39.7 Å². The van der Waals surface area contributed by atoms with E-state index in [4.69, 9.17) is 0 Å². The summed E-state index contributed by atoms with van der Waals surface area (Å²) in [6.45, 7) is 1.95. The highest BCUT2D eigenvalue weighted by molar-refractivity contribution is 6.00. The van der Waals surface area contributed by atoms with E-state index in [1.807, 2.05) is 42.9 Å². The van der Waals surface area contributed by atoms with E-state index in [0.717, 1.165) is 45.1 Å². The minimum atomic E-state index is -0.526. The summed E-state index contributed by atoms with van der Waals surface area (Å²) in [6.07, 6.45) is 5.27. The number of hydrogen-bond acceptors (Lipinski definition) is 5. The average molecular weight is 439 g/mol. The molecule has 0 radical (unpaired) electrons. The third-order valence-electron chi connectivity index (χ3n) is 5.89. The van der Waals surface area contributed by atoms with E-state index in [0.29, 0.717) is 22.6 Å². The van der Waals surface area contributed by atoms with Crippen molar-refractivity contribution in [1.82, 2.24) is 34.7 Å². The lowest BCUT2D eigenvalue weighted by Gasteiger charge is -2.04. The predicted octanol–water partition coefficient (Wildman–Crippen LogP) is 4.72. The zero-order chi connectivity index (χ0) is 22.7. The number of pyridine rings is 2. The summed E-state index contributed by atoms with van der Waals surface area (Å²) in [5, 5.41) is 19.0. The Kier molecular flexibility index (Phi) is 4.06. The number of benzene rings is 1. The molecule has 0 saturated carbocycles. The summed E-state index contributed by atoms with van der Waals surface area (Å²) in [6, 6.07) is 9.72. The summed E-state index contributed by atoms with van der Waals surface area (Å²) in [7, 11) is 1.97. The SMILES string of the molecule is Cc1ncc(-c2cnc3[nH]nc(-c4cc5c(-c6cc(O)cc(F)c6)nccc5[nH]4)c3c2)n1C. The molecule has 6 aromatic rings. The number of aromatic hydroxyl groups is 1. The minimum Gasteiger partial charge on any atom is -0.508 e. The molecule has 6 rings (SSSR count). The van der Waals surface area contributed by atoms with Crippen molar-refractivity contribution < 1.29 is 9.50 Å².